The lowest BCUT2D eigenvalue weighted by atomic mass is 10.1. The van der Waals surface area contributed by atoms with Gasteiger partial charge < -0.3 is 5.32 Å². The quantitative estimate of drug-likeness (QED) is 0.454. The molecule has 0 saturated carbocycles. The SMILES string of the molecule is C[C@@H](NC(=O)CN(c1ccc(Cl)c(Cl)c1)S(=O)(=O)c1ccccc1)c1ccc(S(C)(=O)=O)cc1. The minimum absolute atomic E-state index is 0.0123. The van der Waals surface area contributed by atoms with E-state index in [0.29, 0.717) is 5.56 Å². The number of anilines is 1. The van der Waals surface area contributed by atoms with Crippen molar-refractivity contribution in [1.82, 2.24) is 5.32 Å². The lowest BCUT2D eigenvalue weighted by Gasteiger charge is -2.25. The van der Waals surface area contributed by atoms with Crippen LogP contribution in [0.2, 0.25) is 10.0 Å². The Morgan fingerprint density at radius 1 is 0.882 bits per heavy atom. The molecule has 1 atom stereocenters. The lowest BCUT2D eigenvalue weighted by molar-refractivity contribution is -0.120. The van der Waals surface area contributed by atoms with Crippen LogP contribution >= 0.6 is 23.2 Å². The van der Waals surface area contributed by atoms with Crippen molar-refractivity contribution in [3.8, 4) is 0 Å². The highest BCUT2D eigenvalue weighted by atomic mass is 35.5. The van der Waals surface area contributed by atoms with Gasteiger partial charge in [0.15, 0.2) is 9.84 Å². The van der Waals surface area contributed by atoms with Crippen molar-refractivity contribution in [2.45, 2.75) is 22.8 Å². The minimum atomic E-state index is -4.10. The van der Waals surface area contributed by atoms with Crippen molar-refractivity contribution >= 4 is 54.7 Å². The molecule has 3 aromatic carbocycles. The van der Waals surface area contributed by atoms with E-state index >= 15 is 0 Å². The highest BCUT2D eigenvalue weighted by molar-refractivity contribution is 7.93. The van der Waals surface area contributed by atoms with E-state index in [-0.39, 0.29) is 25.5 Å². The van der Waals surface area contributed by atoms with Crippen LogP contribution in [-0.2, 0) is 24.7 Å². The molecule has 0 heterocycles. The molecule has 0 spiro atoms. The van der Waals surface area contributed by atoms with E-state index in [1.165, 1.54) is 42.5 Å². The molecule has 0 aromatic heterocycles. The zero-order valence-electron chi connectivity index (χ0n) is 18.3. The second-order valence-electron chi connectivity index (χ2n) is 7.55. The summed E-state index contributed by atoms with van der Waals surface area (Å²) in [5.41, 5.74) is 0.839. The second kappa shape index (κ2) is 10.4. The Kier molecular flexibility index (Phi) is 7.92. The number of hydrogen-bond donors (Lipinski definition) is 1. The highest BCUT2D eigenvalue weighted by Crippen LogP contribution is 2.30. The first-order valence-electron chi connectivity index (χ1n) is 10.0. The zero-order chi connectivity index (χ0) is 25.1. The van der Waals surface area contributed by atoms with Gasteiger partial charge >= 0.3 is 0 Å². The Labute approximate surface area is 209 Å². The number of nitrogens with zero attached hydrogens (tertiary/aromatic N) is 1. The number of carbonyl (C=O) groups is 1. The zero-order valence-corrected chi connectivity index (χ0v) is 21.4. The monoisotopic (exact) mass is 540 g/mol. The Bertz CT molecular complexity index is 1400. The summed E-state index contributed by atoms with van der Waals surface area (Å²) >= 11 is 12.1. The third-order valence-corrected chi connectivity index (χ3v) is 8.65. The molecule has 180 valence electrons. The van der Waals surface area contributed by atoms with E-state index in [1.54, 1.807) is 37.3 Å². The van der Waals surface area contributed by atoms with Crippen LogP contribution < -0.4 is 9.62 Å². The number of carbonyl (C=O) groups excluding carboxylic acids is 1. The number of benzene rings is 3. The molecule has 0 aliphatic heterocycles. The molecule has 0 bridgehead atoms. The van der Waals surface area contributed by atoms with E-state index in [9.17, 15) is 21.6 Å². The van der Waals surface area contributed by atoms with Crippen molar-refractivity contribution in [3.63, 3.8) is 0 Å². The number of nitrogens with one attached hydrogen (secondary N) is 1. The van der Waals surface area contributed by atoms with Crippen LogP contribution in [-0.4, -0.2) is 35.5 Å². The first-order valence-corrected chi connectivity index (χ1v) is 14.1. The Morgan fingerprint density at radius 3 is 2.06 bits per heavy atom. The fourth-order valence-corrected chi connectivity index (χ4v) is 5.54. The van der Waals surface area contributed by atoms with Gasteiger partial charge in [0.1, 0.15) is 6.54 Å². The van der Waals surface area contributed by atoms with Gasteiger partial charge in [-0.15, -0.1) is 0 Å². The molecule has 0 aliphatic carbocycles. The van der Waals surface area contributed by atoms with Gasteiger partial charge in [0.25, 0.3) is 10.0 Å². The normalized spacial score (nSPS) is 12.7. The maximum absolute atomic E-state index is 13.4. The van der Waals surface area contributed by atoms with Crippen molar-refractivity contribution < 1.29 is 21.6 Å². The van der Waals surface area contributed by atoms with Crippen molar-refractivity contribution in [2.75, 3.05) is 17.1 Å². The highest BCUT2D eigenvalue weighted by Gasteiger charge is 2.28. The van der Waals surface area contributed by atoms with Crippen molar-refractivity contribution in [2.24, 2.45) is 0 Å². The molecule has 1 amide bonds. The standard InChI is InChI=1S/C23H22Cl2N2O5S2/c1-16(17-8-11-19(12-9-17)33(2,29)30)26-23(28)15-27(18-10-13-21(24)22(25)14-18)34(31,32)20-6-4-3-5-7-20/h3-14,16H,15H2,1-2H3,(H,26,28)/t16-/m1/s1. The van der Waals surface area contributed by atoms with E-state index in [4.69, 9.17) is 23.2 Å². The maximum Gasteiger partial charge on any atom is 0.264 e. The van der Waals surface area contributed by atoms with Crippen LogP contribution in [0.5, 0.6) is 0 Å². The van der Waals surface area contributed by atoms with Crippen LogP contribution in [0.4, 0.5) is 5.69 Å². The summed E-state index contributed by atoms with van der Waals surface area (Å²) in [7, 11) is -7.44. The molecule has 3 aromatic rings. The number of rotatable bonds is 8. The third-order valence-electron chi connectivity index (χ3n) is 5.00. The van der Waals surface area contributed by atoms with E-state index < -0.39 is 38.4 Å². The van der Waals surface area contributed by atoms with Crippen LogP contribution in [0.15, 0.2) is 82.6 Å². The largest absolute Gasteiger partial charge is 0.348 e. The van der Waals surface area contributed by atoms with Gasteiger partial charge in [0.05, 0.1) is 31.6 Å². The van der Waals surface area contributed by atoms with E-state index in [1.807, 2.05) is 0 Å². The van der Waals surface area contributed by atoms with Crippen molar-refractivity contribution in [3.05, 3.63) is 88.4 Å². The second-order valence-corrected chi connectivity index (χ2v) is 12.2. The summed E-state index contributed by atoms with van der Waals surface area (Å²) in [5.74, 6) is -0.565. The van der Waals surface area contributed by atoms with E-state index in [2.05, 4.69) is 5.32 Å². The van der Waals surface area contributed by atoms with Gasteiger partial charge in [-0.25, -0.2) is 16.8 Å². The number of sulfone groups is 1. The van der Waals surface area contributed by atoms with Crippen LogP contribution in [0.1, 0.15) is 18.5 Å². The van der Waals surface area contributed by atoms with Crippen LogP contribution in [0, 0.1) is 0 Å². The number of halogens is 2. The van der Waals surface area contributed by atoms with E-state index in [0.717, 1.165) is 10.6 Å². The molecule has 0 unspecified atom stereocenters. The summed E-state index contributed by atoms with van der Waals surface area (Å²) in [6.45, 7) is 1.20. The average Bonchev–Trinajstić information content (AvgIpc) is 2.79. The Balaban J connectivity index is 1.87. The topological polar surface area (TPSA) is 101 Å². The smallest absolute Gasteiger partial charge is 0.264 e. The lowest BCUT2D eigenvalue weighted by Crippen LogP contribution is -2.41. The molecule has 0 fully saturated rings. The molecule has 34 heavy (non-hydrogen) atoms. The minimum Gasteiger partial charge on any atom is -0.348 e. The van der Waals surface area contributed by atoms with Gasteiger partial charge in [0, 0.05) is 6.26 Å². The number of hydrogen-bond acceptors (Lipinski definition) is 5. The van der Waals surface area contributed by atoms with Crippen molar-refractivity contribution in [1.29, 1.82) is 0 Å². The van der Waals surface area contributed by atoms with Gasteiger partial charge in [-0.3, -0.25) is 9.10 Å². The molecule has 7 nitrogen and oxygen atoms in total. The molecule has 0 radical (unpaired) electrons. The Hall–Kier alpha value is -2.59. The van der Waals surface area contributed by atoms with Gasteiger partial charge in [-0.1, -0.05) is 53.5 Å². The predicted molar refractivity (Wildman–Crippen MR) is 134 cm³/mol. The molecule has 0 aliphatic rings. The first-order chi connectivity index (χ1) is 15.9. The molecule has 1 N–H and O–H groups in total. The number of sulfonamides is 1. The molecular formula is C23H22Cl2N2O5S2. The summed E-state index contributed by atoms with van der Waals surface area (Å²) in [6, 6.07) is 17.6. The summed E-state index contributed by atoms with van der Waals surface area (Å²) in [5, 5.41) is 3.14. The summed E-state index contributed by atoms with van der Waals surface area (Å²) < 4.78 is 51.0. The summed E-state index contributed by atoms with van der Waals surface area (Å²) in [6.07, 6.45) is 1.11. The average molecular weight is 541 g/mol. The molecular weight excluding hydrogens is 519 g/mol. The molecule has 0 saturated heterocycles. The fourth-order valence-electron chi connectivity index (χ4n) is 3.18. The Morgan fingerprint density at radius 2 is 1.50 bits per heavy atom. The van der Waals surface area contributed by atoms with Gasteiger partial charge in [-0.2, -0.15) is 0 Å². The molecule has 3 rings (SSSR count). The molecule has 11 heteroatoms. The number of amides is 1. The first kappa shape index (κ1) is 26.0. The summed E-state index contributed by atoms with van der Waals surface area (Å²) in [4.78, 5) is 13.1. The maximum atomic E-state index is 13.4. The van der Waals surface area contributed by atoms with Gasteiger partial charge in [-0.05, 0) is 55.0 Å². The van der Waals surface area contributed by atoms with Gasteiger partial charge in [0.2, 0.25) is 5.91 Å². The third kappa shape index (κ3) is 6.09. The van der Waals surface area contributed by atoms with Crippen LogP contribution in [0.25, 0.3) is 0 Å². The predicted octanol–water partition coefficient (Wildman–Crippen LogP) is 4.47. The fraction of sp³-hybridized carbons (Fsp3) is 0.174. The van der Waals surface area contributed by atoms with Crippen LogP contribution in [0.3, 0.4) is 0 Å².